The highest BCUT2D eigenvalue weighted by Crippen LogP contribution is 2.15. The van der Waals surface area contributed by atoms with Crippen LogP contribution in [0.4, 0.5) is 18.9 Å². The van der Waals surface area contributed by atoms with Crippen LogP contribution in [0.3, 0.4) is 0 Å². The molecule has 0 saturated heterocycles. The summed E-state index contributed by atoms with van der Waals surface area (Å²) in [6, 6.07) is 4.90. The van der Waals surface area contributed by atoms with Crippen LogP contribution in [-0.2, 0) is 59.0 Å². The summed E-state index contributed by atoms with van der Waals surface area (Å²) in [5.74, 6) is -6.49. The zero-order valence-corrected chi connectivity index (χ0v) is 33.0. The number of hydrogen-bond donors (Lipinski definition) is 7. The number of benzene rings is 1. The number of imide groups is 1. The Balaban J connectivity index is 0.00000227. The molecule has 0 aliphatic carbocycles. The predicted molar refractivity (Wildman–Crippen MR) is 202 cm³/mol. The molecule has 1 heterocycles. The van der Waals surface area contributed by atoms with Gasteiger partial charge in [0.25, 0.3) is 11.8 Å². The number of rotatable bonds is 26. The second-order valence-electron chi connectivity index (χ2n) is 13.1. The lowest BCUT2D eigenvalue weighted by Crippen LogP contribution is -2.50. The average molecular weight is 847 g/mol. The van der Waals surface area contributed by atoms with Gasteiger partial charge in [-0.2, -0.15) is 13.2 Å². The number of carboxylic acid groups (broad SMARTS) is 2. The number of carbonyl (C=O) groups excluding carboxylic acids is 6. The van der Waals surface area contributed by atoms with E-state index in [9.17, 15) is 46.7 Å². The van der Waals surface area contributed by atoms with E-state index < -0.39 is 53.8 Å². The second-order valence-corrected chi connectivity index (χ2v) is 13.1. The van der Waals surface area contributed by atoms with Crippen molar-refractivity contribution in [1.29, 1.82) is 0 Å². The van der Waals surface area contributed by atoms with E-state index in [1.807, 2.05) is 0 Å². The number of alkyl halides is 3. The van der Waals surface area contributed by atoms with Crippen molar-refractivity contribution in [2.45, 2.75) is 77.2 Å². The van der Waals surface area contributed by atoms with E-state index >= 15 is 0 Å². The lowest BCUT2D eigenvalue weighted by Gasteiger charge is -2.18. The summed E-state index contributed by atoms with van der Waals surface area (Å²) in [5.41, 5.74) is 7.48. The third-order valence-electron chi connectivity index (χ3n) is 8.03. The fraction of sp³-hybridized carbons (Fsp3) is 0.568. The molecule has 4 atom stereocenters. The van der Waals surface area contributed by atoms with Crippen LogP contribution in [0.25, 0.3) is 0 Å². The number of hydrogen-bond acceptors (Lipinski definition) is 12. The van der Waals surface area contributed by atoms with Crippen LogP contribution in [0, 0.1) is 5.92 Å². The molecule has 0 aromatic heterocycles. The van der Waals surface area contributed by atoms with Gasteiger partial charge in [0.1, 0.15) is 12.1 Å². The van der Waals surface area contributed by atoms with Crippen molar-refractivity contribution in [3.05, 3.63) is 42.0 Å². The van der Waals surface area contributed by atoms with Gasteiger partial charge in [0.15, 0.2) is 0 Å². The number of halogens is 3. The third-order valence-corrected chi connectivity index (χ3v) is 8.03. The van der Waals surface area contributed by atoms with Crippen LogP contribution in [-0.4, -0.2) is 140 Å². The first kappa shape index (κ1) is 51.6. The van der Waals surface area contributed by atoms with Crippen molar-refractivity contribution in [3.63, 3.8) is 0 Å². The minimum Gasteiger partial charge on any atom is -0.481 e. The fourth-order valence-corrected chi connectivity index (χ4v) is 4.81. The number of nitrogens with zero attached hydrogens (tertiary/aromatic N) is 1. The normalized spacial score (nSPS) is 14.3. The number of aliphatic carboxylic acids is 2. The molecule has 1 aromatic carbocycles. The van der Waals surface area contributed by atoms with Gasteiger partial charge < -0.3 is 51.4 Å². The molecular weight excluding hydrogens is 793 g/mol. The Morgan fingerprint density at radius 1 is 0.763 bits per heavy atom. The van der Waals surface area contributed by atoms with Gasteiger partial charge in [0.2, 0.25) is 23.6 Å². The van der Waals surface area contributed by atoms with Crippen LogP contribution in [0.1, 0.15) is 52.0 Å². The Morgan fingerprint density at radius 2 is 1.29 bits per heavy atom. The summed E-state index contributed by atoms with van der Waals surface area (Å²) in [5, 5.41) is 26.7. The van der Waals surface area contributed by atoms with Crippen LogP contribution in [0.5, 0.6) is 0 Å². The van der Waals surface area contributed by atoms with Gasteiger partial charge in [-0.1, -0.05) is 19.1 Å². The number of nitrogens with one attached hydrogen (secondary N) is 4. The summed E-state index contributed by atoms with van der Waals surface area (Å²) in [4.78, 5) is 93.2. The third kappa shape index (κ3) is 22.9. The summed E-state index contributed by atoms with van der Waals surface area (Å²) < 4.78 is 47.9. The molecule has 19 nitrogen and oxygen atoms in total. The van der Waals surface area contributed by atoms with Gasteiger partial charge in [-0.3, -0.25) is 38.5 Å². The number of carboxylic acids is 2. The maximum atomic E-state index is 12.6. The lowest BCUT2D eigenvalue weighted by atomic mass is 9.97. The molecule has 0 fully saturated rings. The van der Waals surface area contributed by atoms with Crippen molar-refractivity contribution >= 4 is 53.1 Å². The smallest absolute Gasteiger partial charge is 0.481 e. The molecule has 1 aliphatic rings. The van der Waals surface area contributed by atoms with Gasteiger partial charge in [0, 0.05) is 49.8 Å². The quantitative estimate of drug-likeness (QED) is 0.0495. The minimum absolute atomic E-state index is 0.0215. The molecule has 1 aromatic rings. The maximum absolute atomic E-state index is 12.6. The molecule has 59 heavy (non-hydrogen) atoms. The molecule has 0 bridgehead atoms. The number of amides is 6. The van der Waals surface area contributed by atoms with Crippen molar-refractivity contribution < 1.29 is 76.0 Å². The molecule has 8 N–H and O–H groups in total. The Bertz CT molecular complexity index is 1580. The van der Waals surface area contributed by atoms with Crippen molar-refractivity contribution in [2.75, 3.05) is 58.0 Å². The van der Waals surface area contributed by atoms with Crippen molar-refractivity contribution in [2.24, 2.45) is 11.7 Å². The first-order valence-corrected chi connectivity index (χ1v) is 18.5. The molecule has 1 aliphatic heterocycles. The Labute approximate surface area is 338 Å². The highest BCUT2D eigenvalue weighted by Gasteiger charge is 2.38. The fourth-order valence-electron chi connectivity index (χ4n) is 4.81. The predicted octanol–water partition coefficient (Wildman–Crippen LogP) is 0.510. The standard InChI is InChI=1S/C35H52N6O11.C2HF3O2/c1-23(35(48)49)21-27(36)22-26-6-8-28(9-7-26)40-34(47)25(3)39-33(46)24(2)38-30(43)12-15-50-17-19-52-20-18-51-16-13-37-29(42)5-4-14-41-31(44)10-11-32(41)45;3-2(4,5)1(6)7/h6-11,23-25,27H,4-5,12-22,36H2,1-3H3,(H,37,42)(H,38,43)(H,39,46)(H,40,47)(H,48,49);(H,6,7)/t23-,24-,25-,27+;/m0./s1. The summed E-state index contributed by atoms with van der Waals surface area (Å²) in [6.07, 6.45) is -1.25. The average Bonchev–Trinajstić information content (AvgIpc) is 3.48. The highest BCUT2D eigenvalue weighted by molar-refractivity contribution is 6.12. The van der Waals surface area contributed by atoms with E-state index in [1.165, 1.54) is 26.0 Å². The number of anilines is 1. The van der Waals surface area contributed by atoms with E-state index in [0.717, 1.165) is 10.5 Å². The minimum atomic E-state index is -5.08. The molecule has 0 spiro atoms. The Kier molecular flexibility index (Phi) is 23.8. The highest BCUT2D eigenvalue weighted by atomic mass is 19.4. The maximum Gasteiger partial charge on any atom is 0.490 e. The van der Waals surface area contributed by atoms with Gasteiger partial charge in [-0.15, -0.1) is 0 Å². The van der Waals surface area contributed by atoms with Gasteiger partial charge >= 0.3 is 18.1 Å². The van der Waals surface area contributed by atoms with Crippen LogP contribution in [0.2, 0.25) is 0 Å². The van der Waals surface area contributed by atoms with E-state index in [-0.39, 0.29) is 63.0 Å². The zero-order chi connectivity index (χ0) is 44.5. The molecule has 0 unspecified atom stereocenters. The van der Waals surface area contributed by atoms with E-state index in [1.54, 1.807) is 31.2 Å². The number of carbonyl (C=O) groups is 8. The number of ether oxygens (including phenoxy) is 3. The topological polar surface area (TPSA) is 282 Å². The van der Waals surface area contributed by atoms with E-state index in [2.05, 4.69) is 21.3 Å². The molecule has 0 radical (unpaired) electrons. The first-order chi connectivity index (χ1) is 27.7. The summed E-state index contributed by atoms with van der Waals surface area (Å²) in [6.45, 7) is 6.71. The van der Waals surface area contributed by atoms with Crippen molar-refractivity contribution in [3.8, 4) is 0 Å². The summed E-state index contributed by atoms with van der Waals surface area (Å²) in [7, 11) is 0. The van der Waals surface area contributed by atoms with Crippen molar-refractivity contribution in [1.82, 2.24) is 20.9 Å². The van der Waals surface area contributed by atoms with Crippen LogP contribution < -0.4 is 27.0 Å². The SMILES string of the molecule is C[C@H](NC(=O)CCOCCOCCOCCNC(=O)CCCN1C(=O)C=CC1=O)C(=O)N[C@@H](C)C(=O)Nc1ccc(C[C@H](N)C[C@H](C)C(=O)O)cc1.O=C(O)C(F)(F)F. The van der Waals surface area contributed by atoms with Crippen LogP contribution >= 0.6 is 0 Å². The zero-order valence-electron chi connectivity index (χ0n) is 33.0. The van der Waals surface area contributed by atoms with Crippen LogP contribution in [0.15, 0.2) is 36.4 Å². The number of nitrogens with two attached hydrogens (primary N) is 1. The molecule has 2 rings (SSSR count). The monoisotopic (exact) mass is 846 g/mol. The van der Waals surface area contributed by atoms with Gasteiger partial charge in [-0.25, -0.2) is 4.79 Å². The Hall–Kier alpha value is -5.45. The van der Waals surface area contributed by atoms with Gasteiger partial charge in [-0.05, 0) is 50.8 Å². The second kappa shape index (κ2) is 27.3. The molecule has 330 valence electrons. The van der Waals surface area contributed by atoms with Gasteiger partial charge in [0.05, 0.1) is 45.6 Å². The lowest BCUT2D eigenvalue weighted by molar-refractivity contribution is -0.192. The largest absolute Gasteiger partial charge is 0.490 e. The first-order valence-electron chi connectivity index (χ1n) is 18.5. The van der Waals surface area contributed by atoms with E-state index in [4.69, 9.17) is 35.0 Å². The molecular formula is C37H53F3N6O13. The molecule has 0 saturated carbocycles. The Morgan fingerprint density at radius 3 is 1.83 bits per heavy atom. The molecule has 6 amide bonds. The summed E-state index contributed by atoms with van der Waals surface area (Å²) >= 11 is 0. The van der Waals surface area contributed by atoms with E-state index in [0.29, 0.717) is 51.3 Å². The molecule has 22 heteroatoms.